The van der Waals surface area contributed by atoms with Gasteiger partial charge in [0, 0.05) is 17.5 Å². The van der Waals surface area contributed by atoms with Gasteiger partial charge < -0.3 is 15.4 Å². The molecule has 3 atom stereocenters. The predicted octanol–water partition coefficient (Wildman–Crippen LogP) is 5.50. The Bertz CT molecular complexity index is 1700. The molecular formula is C31H24F2N4O3. The fraction of sp³-hybridized carbons (Fsp3) is 0.194. The number of aromatic nitrogens is 2. The van der Waals surface area contributed by atoms with Crippen molar-refractivity contribution in [2.24, 2.45) is 0 Å². The molecule has 0 radical (unpaired) electrons. The smallest absolute Gasteiger partial charge is 0.259 e. The number of amides is 2. The summed E-state index contributed by atoms with van der Waals surface area (Å²) in [7, 11) is 0. The summed E-state index contributed by atoms with van der Waals surface area (Å²) in [4.78, 5) is 27.3. The van der Waals surface area contributed by atoms with E-state index >= 15 is 0 Å². The number of halogens is 2. The Hall–Kier alpha value is -4.79. The van der Waals surface area contributed by atoms with Gasteiger partial charge in [0.15, 0.2) is 0 Å². The van der Waals surface area contributed by atoms with E-state index in [1.54, 1.807) is 41.1 Å². The lowest BCUT2D eigenvalue weighted by atomic mass is 9.95. The summed E-state index contributed by atoms with van der Waals surface area (Å²) in [5.41, 5.74) is 2.24. The summed E-state index contributed by atoms with van der Waals surface area (Å²) >= 11 is 0. The highest BCUT2D eigenvalue weighted by Crippen LogP contribution is 2.44. The number of fused-ring (bicyclic) bond motifs is 5. The van der Waals surface area contributed by atoms with Gasteiger partial charge in [0.2, 0.25) is 5.88 Å². The predicted molar refractivity (Wildman–Crippen MR) is 145 cm³/mol. The number of nitrogens with one attached hydrogen (secondary N) is 2. The van der Waals surface area contributed by atoms with Gasteiger partial charge in [-0.1, -0.05) is 54.6 Å². The molecule has 1 aliphatic carbocycles. The molecule has 2 amide bonds. The van der Waals surface area contributed by atoms with Gasteiger partial charge in [-0.2, -0.15) is 5.10 Å². The van der Waals surface area contributed by atoms with Gasteiger partial charge in [0.1, 0.15) is 35.0 Å². The van der Waals surface area contributed by atoms with Crippen molar-refractivity contribution < 1.29 is 23.1 Å². The average Bonchev–Trinajstić information content (AvgIpc) is 3.51. The Balaban J connectivity index is 1.33. The molecule has 3 heterocycles. The lowest BCUT2D eigenvalue weighted by Crippen LogP contribution is -2.42. The van der Waals surface area contributed by atoms with E-state index in [0.29, 0.717) is 11.1 Å². The minimum absolute atomic E-state index is 0.0363. The van der Waals surface area contributed by atoms with E-state index in [-0.39, 0.29) is 40.5 Å². The second-order valence-corrected chi connectivity index (χ2v) is 10.2. The van der Waals surface area contributed by atoms with E-state index in [4.69, 9.17) is 4.74 Å². The van der Waals surface area contributed by atoms with Crippen LogP contribution in [-0.2, 0) is 4.79 Å². The average molecular weight is 539 g/mol. The molecule has 7 rings (SSSR count). The standard InChI is InChI=1S/C31H24F2N4O3/c32-23-11-5-4-9-21(23)28-26(31-37(36-28)18-13-14-19(15-18)40-31)30(39)34-25-16-22(17-7-2-1-3-8-17)20-10-6-12-24(33)27(20)35-29(25)38/h1-12,16,18-19,25H,13-15H2,(H,34,39)(H,35,38)/t18?,19?,25-/m0/s1. The number of anilines is 1. The Kier molecular flexibility index (Phi) is 5.73. The molecule has 9 heteroatoms. The highest BCUT2D eigenvalue weighted by molar-refractivity contribution is 6.09. The number of para-hydroxylation sites is 1. The van der Waals surface area contributed by atoms with Gasteiger partial charge in [-0.15, -0.1) is 0 Å². The molecule has 2 N–H and O–H groups in total. The van der Waals surface area contributed by atoms with Gasteiger partial charge in [0.05, 0.1) is 11.7 Å². The SMILES string of the molecule is O=C(N[C@H]1C=C(c2ccccc2)c2cccc(F)c2NC1=O)c1c(-c2ccccc2F)nn2c1OC1CCC2C1. The molecule has 7 nitrogen and oxygen atoms in total. The maximum absolute atomic E-state index is 14.9. The summed E-state index contributed by atoms with van der Waals surface area (Å²) in [6.45, 7) is 0. The van der Waals surface area contributed by atoms with Crippen molar-refractivity contribution in [3.8, 4) is 17.1 Å². The van der Waals surface area contributed by atoms with Crippen molar-refractivity contribution in [3.63, 3.8) is 0 Å². The summed E-state index contributed by atoms with van der Waals surface area (Å²) in [6, 6.07) is 18.8. The van der Waals surface area contributed by atoms with Gasteiger partial charge in [-0.25, -0.2) is 13.5 Å². The molecule has 0 spiro atoms. The van der Waals surface area contributed by atoms with Crippen LogP contribution in [0.3, 0.4) is 0 Å². The van der Waals surface area contributed by atoms with Crippen LogP contribution in [-0.4, -0.2) is 33.7 Å². The van der Waals surface area contributed by atoms with E-state index < -0.39 is 29.5 Å². The maximum atomic E-state index is 14.9. The van der Waals surface area contributed by atoms with Crippen molar-refractivity contribution in [1.82, 2.24) is 15.1 Å². The topological polar surface area (TPSA) is 85.3 Å². The largest absolute Gasteiger partial charge is 0.474 e. The lowest BCUT2D eigenvalue weighted by molar-refractivity contribution is -0.117. The molecular weight excluding hydrogens is 514 g/mol. The third-order valence-corrected chi connectivity index (χ3v) is 7.74. The van der Waals surface area contributed by atoms with Gasteiger partial charge in [-0.3, -0.25) is 9.59 Å². The molecule has 0 saturated heterocycles. The number of ether oxygens (including phenoxy) is 1. The Labute approximate surface area is 228 Å². The first-order chi connectivity index (χ1) is 19.5. The zero-order valence-electron chi connectivity index (χ0n) is 21.2. The maximum Gasteiger partial charge on any atom is 0.259 e. The van der Waals surface area contributed by atoms with Crippen LogP contribution in [0.1, 0.15) is 46.8 Å². The number of hydrogen-bond acceptors (Lipinski definition) is 4. The number of carbonyl (C=O) groups is 2. The summed E-state index contributed by atoms with van der Waals surface area (Å²) in [6.07, 6.45) is 4.00. The van der Waals surface area contributed by atoms with Crippen molar-refractivity contribution in [2.45, 2.75) is 37.5 Å². The van der Waals surface area contributed by atoms with Crippen LogP contribution in [0.25, 0.3) is 16.8 Å². The van der Waals surface area contributed by atoms with Gasteiger partial charge in [0.25, 0.3) is 11.8 Å². The third kappa shape index (κ3) is 3.97. The van der Waals surface area contributed by atoms with Crippen LogP contribution in [0.2, 0.25) is 0 Å². The van der Waals surface area contributed by atoms with Crippen LogP contribution in [0, 0.1) is 11.6 Å². The molecule has 1 fully saturated rings. The first-order valence-corrected chi connectivity index (χ1v) is 13.2. The lowest BCUT2D eigenvalue weighted by Gasteiger charge is -2.23. The highest BCUT2D eigenvalue weighted by atomic mass is 19.1. The number of rotatable bonds is 4. The molecule has 1 saturated carbocycles. The van der Waals surface area contributed by atoms with Crippen LogP contribution >= 0.6 is 0 Å². The number of nitrogens with zero attached hydrogens (tertiary/aromatic N) is 2. The van der Waals surface area contributed by atoms with Crippen LogP contribution in [0.15, 0.2) is 78.9 Å². The Morgan fingerprint density at radius 3 is 2.52 bits per heavy atom. The zero-order valence-corrected chi connectivity index (χ0v) is 21.2. The van der Waals surface area contributed by atoms with Crippen molar-refractivity contribution in [2.75, 3.05) is 5.32 Å². The molecule has 2 aliphatic heterocycles. The normalized spacial score (nSPS) is 20.9. The van der Waals surface area contributed by atoms with Crippen molar-refractivity contribution in [3.05, 3.63) is 107 Å². The molecule has 2 bridgehead atoms. The Morgan fingerprint density at radius 1 is 0.950 bits per heavy atom. The fourth-order valence-electron chi connectivity index (χ4n) is 5.83. The minimum atomic E-state index is -1.17. The minimum Gasteiger partial charge on any atom is -0.474 e. The van der Waals surface area contributed by atoms with Gasteiger partial charge >= 0.3 is 0 Å². The second-order valence-electron chi connectivity index (χ2n) is 10.2. The van der Waals surface area contributed by atoms with E-state index in [9.17, 15) is 18.4 Å². The van der Waals surface area contributed by atoms with Crippen LogP contribution in [0.4, 0.5) is 14.5 Å². The summed E-state index contributed by atoms with van der Waals surface area (Å²) in [5, 5.41) is 10.1. The molecule has 2 unspecified atom stereocenters. The fourth-order valence-corrected chi connectivity index (χ4v) is 5.83. The molecule has 3 aromatic carbocycles. The molecule has 4 aromatic rings. The van der Waals surface area contributed by atoms with E-state index in [0.717, 1.165) is 24.8 Å². The van der Waals surface area contributed by atoms with Crippen molar-refractivity contribution >= 4 is 23.1 Å². The molecule has 40 heavy (non-hydrogen) atoms. The monoisotopic (exact) mass is 538 g/mol. The van der Waals surface area contributed by atoms with Crippen LogP contribution in [0.5, 0.6) is 5.88 Å². The third-order valence-electron chi connectivity index (χ3n) is 7.74. The number of carbonyl (C=O) groups excluding carboxylic acids is 2. The Morgan fingerprint density at radius 2 is 1.70 bits per heavy atom. The zero-order chi connectivity index (χ0) is 27.4. The van der Waals surface area contributed by atoms with E-state index in [1.165, 1.54) is 12.1 Å². The van der Waals surface area contributed by atoms with Crippen LogP contribution < -0.4 is 15.4 Å². The highest BCUT2D eigenvalue weighted by Gasteiger charge is 2.41. The first-order valence-electron chi connectivity index (χ1n) is 13.2. The summed E-state index contributed by atoms with van der Waals surface area (Å²) < 4.78 is 37.7. The quantitative estimate of drug-likeness (QED) is 0.360. The number of benzene rings is 3. The van der Waals surface area contributed by atoms with E-state index in [2.05, 4.69) is 15.7 Å². The number of hydrogen-bond donors (Lipinski definition) is 2. The molecule has 200 valence electrons. The first kappa shape index (κ1) is 24.3. The second kappa shape index (κ2) is 9.44. The van der Waals surface area contributed by atoms with E-state index in [1.807, 2.05) is 30.3 Å². The molecule has 3 aliphatic rings. The van der Waals surface area contributed by atoms with Gasteiger partial charge in [-0.05, 0) is 48.3 Å². The summed E-state index contributed by atoms with van der Waals surface area (Å²) in [5.74, 6) is -2.10. The molecule has 1 aromatic heterocycles. The van der Waals surface area contributed by atoms with Crippen molar-refractivity contribution in [1.29, 1.82) is 0 Å².